The number of methoxy groups -OCH3 is 1. The summed E-state index contributed by atoms with van der Waals surface area (Å²) in [7, 11) is 0.0530. The smallest absolute Gasteiger partial charge is 0.191 e. The van der Waals surface area contributed by atoms with E-state index in [4.69, 9.17) is 13.9 Å². The van der Waals surface area contributed by atoms with Gasteiger partial charge < -0.3 is 19.0 Å². The van der Waals surface area contributed by atoms with E-state index in [1.807, 2.05) is 36.4 Å². The van der Waals surface area contributed by atoms with Gasteiger partial charge in [0.2, 0.25) is 0 Å². The van der Waals surface area contributed by atoms with Gasteiger partial charge in [0.25, 0.3) is 0 Å². The van der Waals surface area contributed by atoms with Gasteiger partial charge in [0.15, 0.2) is 8.32 Å². The summed E-state index contributed by atoms with van der Waals surface area (Å²) in [5.41, 5.74) is 1.11. The van der Waals surface area contributed by atoms with Crippen molar-refractivity contribution in [3.63, 3.8) is 0 Å². The van der Waals surface area contributed by atoms with Crippen LogP contribution < -0.4 is 4.74 Å². The van der Waals surface area contributed by atoms with Crippen molar-refractivity contribution in [1.82, 2.24) is 0 Å². The molecule has 1 N–H and O–H groups in total. The Bertz CT molecular complexity index is 576. The predicted molar refractivity (Wildman–Crippen MR) is 124 cm³/mol. The molecule has 0 spiro atoms. The number of rotatable bonds is 14. The van der Waals surface area contributed by atoms with Crippen molar-refractivity contribution >= 4 is 8.32 Å². The molecular formula is C24H42O4Si. The van der Waals surface area contributed by atoms with E-state index in [1.54, 1.807) is 7.11 Å². The minimum absolute atomic E-state index is 0.280. The van der Waals surface area contributed by atoms with Crippen molar-refractivity contribution in [2.24, 2.45) is 0 Å². The van der Waals surface area contributed by atoms with Gasteiger partial charge in [-0.1, -0.05) is 64.3 Å². The van der Waals surface area contributed by atoms with E-state index < -0.39 is 8.32 Å². The lowest BCUT2D eigenvalue weighted by Gasteiger charge is -2.36. The van der Waals surface area contributed by atoms with Crippen LogP contribution in [0, 0.1) is 0 Å². The second kappa shape index (κ2) is 13.2. The Kier molecular flexibility index (Phi) is 11.8. The SMILES string of the molecule is COc1ccc(COC/C=C/C(O)CCCCCCO[Si](C)(C)C(C)(C)C)cc1. The number of aliphatic hydroxyl groups is 1. The second-order valence-corrected chi connectivity index (χ2v) is 14.0. The highest BCUT2D eigenvalue weighted by molar-refractivity contribution is 6.74. The second-order valence-electron chi connectivity index (χ2n) is 9.17. The van der Waals surface area contributed by atoms with Crippen molar-refractivity contribution in [3.05, 3.63) is 42.0 Å². The highest BCUT2D eigenvalue weighted by atomic mass is 28.4. The summed E-state index contributed by atoms with van der Waals surface area (Å²) < 4.78 is 17.0. The average Bonchev–Trinajstić information content (AvgIpc) is 2.66. The number of aliphatic hydroxyl groups excluding tert-OH is 1. The van der Waals surface area contributed by atoms with Crippen molar-refractivity contribution in [2.45, 2.75) is 83.7 Å². The largest absolute Gasteiger partial charge is 0.497 e. The van der Waals surface area contributed by atoms with Gasteiger partial charge in [0.05, 0.1) is 26.4 Å². The van der Waals surface area contributed by atoms with Crippen molar-refractivity contribution < 1.29 is 19.0 Å². The van der Waals surface area contributed by atoms with Crippen LogP contribution in [0.5, 0.6) is 5.75 Å². The lowest BCUT2D eigenvalue weighted by Crippen LogP contribution is -2.40. The highest BCUT2D eigenvalue weighted by Gasteiger charge is 2.36. The molecule has 5 heteroatoms. The van der Waals surface area contributed by atoms with Crippen LogP contribution in [-0.4, -0.2) is 39.9 Å². The maximum Gasteiger partial charge on any atom is 0.191 e. The maximum absolute atomic E-state index is 10.0. The molecule has 0 amide bonds. The summed E-state index contributed by atoms with van der Waals surface area (Å²) in [6.45, 7) is 13.4. The number of hydrogen-bond donors (Lipinski definition) is 1. The Morgan fingerprint density at radius 1 is 1.03 bits per heavy atom. The Balaban J connectivity index is 2.03. The molecule has 1 unspecified atom stereocenters. The highest BCUT2D eigenvalue weighted by Crippen LogP contribution is 2.36. The molecule has 0 fully saturated rings. The lowest BCUT2D eigenvalue weighted by atomic mass is 10.1. The lowest BCUT2D eigenvalue weighted by molar-refractivity contribution is 0.146. The minimum Gasteiger partial charge on any atom is -0.497 e. The molecule has 0 aliphatic carbocycles. The topological polar surface area (TPSA) is 47.9 Å². The molecule has 0 aliphatic heterocycles. The first-order valence-electron chi connectivity index (χ1n) is 10.8. The van der Waals surface area contributed by atoms with E-state index in [2.05, 4.69) is 33.9 Å². The van der Waals surface area contributed by atoms with E-state index in [-0.39, 0.29) is 11.1 Å². The Morgan fingerprint density at radius 2 is 1.69 bits per heavy atom. The first kappa shape index (κ1) is 25.9. The standard InChI is InChI=1S/C24H42O4Si/c1-24(2,3)29(5,6)28-19-10-8-7-9-12-22(25)13-11-18-27-20-21-14-16-23(26-4)17-15-21/h11,13-17,22,25H,7-10,12,18-20H2,1-6H3/b13-11+. The van der Waals surface area contributed by atoms with Crippen LogP contribution in [0.3, 0.4) is 0 Å². The van der Waals surface area contributed by atoms with E-state index in [0.29, 0.717) is 13.2 Å². The third-order valence-corrected chi connectivity index (χ3v) is 10.2. The number of unbranched alkanes of at least 4 members (excludes halogenated alkanes) is 3. The van der Waals surface area contributed by atoms with Gasteiger partial charge in [-0.3, -0.25) is 0 Å². The molecule has 1 rings (SSSR count). The van der Waals surface area contributed by atoms with Gasteiger partial charge in [-0.2, -0.15) is 0 Å². The summed E-state index contributed by atoms with van der Waals surface area (Å²) in [5.74, 6) is 0.847. The predicted octanol–water partition coefficient (Wildman–Crippen LogP) is 6.10. The molecule has 1 atom stereocenters. The van der Waals surface area contributed by atoms with Crippen LogP contribution in [0.2, 0.25) is 18.1 Å². The third kappa shape index (κ3) is 11.0. The zero-order valence-electron chi connectivity index (χ0n) is 19.4. The molecule has 166 valence electrons. The van der Waals surface area contributed by atoms with E-state index in [9.17, 15) is 5.11 Å². The van der Waals surface area contributed by atoms with Crippen molar-refractivity contribution in [1.29, 1.82) is 0 Å². The fraction of sp³-hybridized carbons (Fsp3) is 0.667. The Labute approximate surface area is 179 Å². The number of benzene rings is 1. The summed E-state index contributed by atoms with van der Waals surface area (Å²) in [5, 5.41) is 10.3. The van der Waals surface area contributed by atoms with E-state index in [0.717, 1.165) is 50.0 Å². The zero-order valence-corrected chi connectivity index (χ0v) is 20.4. The molecule has 0 radical (unpaired) electrons. The quantitative estimate of drug-likeness (QED) is 0.223. The van der Waals surface area contributed by atoms with Crippen LogP contribution in [-0.2, 0) is 15.8 Å². The van der Waals surface area contributed by atoms with Gasteiger partial charge in [0.1, 0.15) is 5.75 Å². The fourth-order valence-electron chi connectivity index (χ4n) is 2.63. The van der Waals surface area contributed by atoms with Crippen LogP contribution in [0.1, 0.15) is 58.4 Å². The Hall–Kier alpha value is -1.14. The molecule has 0 saturated heterocycles. The minimum atomic E-state index is -1.61. The molecule has 1 aromatic rings. The van der Waals surface area contributed by atoms with Gasteiger partial charge in [-0.25, -0.2) is 0 Å². The van der Waals surface area contributed by atoms with Crippen LogP contribution in [0.4, 0.5) is 0 Å². The van der Waals surface area contributed by atoms with Gasteiger partial charge in [-0.05, 0) is 48.7 Å². The van der Waals surface area contributed by atoms with Crippen LogP contribution in [0.25, 0.3) is 0 Å². The average molecular weight is 423 g/mol. The molecule has 29 heavy (non-hydrogen) atoms. The van der Waals surface area contributed by atoms with Crippen molar-refractivity contribution in [3.8, 4) is 5.75 Å². The third-order valence-electron chi connectivity index (χ3n) is 5.66. The molecule has 0 bridgehead atoms. The molecule has 0 heterocycles. The Morgan fingerprint density at radius 3 is 2.31 bits per heavy atom. The monoisotopic (exact) mass is 422 g/mol. The molecule has 1 aromatic carbocycles. The molecule has 0 aromatic heterocycles. The number of hydrogen-bond acceptors (Lipinski definition) is 4. The first-order chi connectivity index (χ1) is 13.7. The van der Waals surface area contributed by atoms with Crippen molar-refractivity contribution in [2.75, 3.05) is 20.3 Å². The summed E-state index contributed by atoms with van der Waals surface area (Å²) in [4.78, 5) is 0. The maximum atomic E-state index is 10.0. The fourth-order valence-corrected chi connectivity index (χ4v) is 3.72. The summed E-state index contributed by atoms with van der Waals surface area (Å²) in [6, 6.07) is 7.85. The zero-order chi connectivity index (χ0) is 21.8. The van der Waals surface area contributed by atoms with Crippen LogP contribution >= 0.6 is 0 Å². The van der Waals surface area contributed by atoms with Gasteiger partial charge in [-0.15, -0.1) is 0 Å². The molecule has 4 nitrogen and oxygen atoms in total. The van der Waals surface area contributed by atoms with Gasteiger partial charge >= 0.3 is 0 Å². The molecule has 0 aliphatic rings. The molecular weight excluding hydrogens is 380 g/mol. The van der Waals surface area contributed by atoms with Crippen LogP contribution in [0.15, 0.2) is 36.4 Å². The number of ether oxygens (including phenoxy) is 2. The van der Waals surface area contributed by atoms with E-state index in [1.165, 1.54) is 0 Å². The molecule has 0 saturated carbocycles. The normalized spacial score (nSPS) is 13.8. The first-order valence-corrected chi connectivity index (χ1v) is 13.8. The van der Waals surface area contributed by atoms with E-state index >= 15 is 0 Å². The van der Waals surface area contributed by atoms with Gasteiger partial charge in [0, 0.05) is 6.61 Å². The summed E-state index contributed by atoms with van der Waals surface area (Å²) >= 11 is 0. The summed E-state index contributed by atoms with van der Waals surface area (Å²) in [6.07, 6.45) is 8.61.